The number of amides is 1. The van der Waals surface area contributed by atoms with Crippen LogP contribution in [0.4, 0.5) is 13.2 Å². The van der Waals surface area contributed by atoms with Crippen molar-refractivity contribution in [1.82, 2.24) is 10.2 Å². The third-order valence-corrected chi connectivity index (χ3v) is 3.93. The number of carbonyl (C=O) groups is 1. The lowest BCUT2D eigenvalue weighted by Crippen LogP contribution is -2.57. The van der Waals surface area contributed by atoms with E-state index in [1.54, 1.807) is 0 Å². The Balaban J connectivity index is 2.82. The van der Waals surface area contributed by atoms with Crippen molar-refractivity contribution in [2.45, 2.75) is 70.3 Å². The molecule has 1 fully saturated rings. The van der Waals surface area contributed by atoms with Crippen LogP contribution in [0.3, 0.4) is 0 Å². The molecule has 2 unspecified atom stereocenters. The molecule has 0 aromatic heterocycles. The van der Waals surface area contributed by atoms with E-state index in [1.165, 1.54) is 4.90 Å². The molecule has 7 heteroatoms. The average Bonchev–Trinajstić information content (AvgIpc) is 2.71. The fourth-order valence-corrected chi connectivity index (χ4v) is 3.22. The van der Waals surface area contributed by atoms with E-state index < -0.39 is 24.2 Å². The molecule has 0 radical (unpaired) electrons. The molecule has 1 saturated carbocycles. The van der Waals surface area contributed by atoms with Gasteiger partial charge in [0.05, 0.1) is 12.1 Å². The third kappa shape index (κ3) is 5.14. The van der Waals surface area contributed by atoms with E-state index in [2.05, 4.69) is 5.32 Å². The summed E-state index contributed by atoms with van der Waals surface area (Å²) in [6.07, 6.45) is -2.19. The normalized spacial score (nSPS) is 26.8. The number of primary amides is 1. The monoisotopic (exact) mass is 309 g/mol. The highest BCUT2D eigenvalue weighted by molar-refractivity contribution is 5.85. The van der Waals surface area contributed by atoms with E-state index in [1.807, 2.05) is 20.8 Å². The Bertz CT molecular complexity index is 360. The SMILES string of the molecule is CCCN(CC(F)(F)F)C1CCC(NC(C)C)(C(N)=O)C1. The molecule has 124 valence electrons. The number of nitrogens with one attached hydrogen (secondary N) is 1. The highest BCUT2D eigenvalue weighted by atomic mass is 19.4. The molecule has 4 nitrogen and oxygen atoms in total. The molecular formula is C14H26F3N3O. The molecule has 1 aliphatic carbocycles. The number of carbonyl (C=O) groups excluding carboxylic acids is 1. The predicted octanol–water partition coefficient (Wildman–Crippen LogP) is 2.04. The summed E-state index contributed by atoms with van der Waals surface area (Å²) in [5.74, 6) is -0.470. The Morgan fingerprint density at radius 3 is 2.52 bits per heavy atom. The number of alkyl halides is 3. The molecule has 2 atom stereocenters. The summed E-state index contributed by atoms with van der Waals surface area (Å²) in [5.41, 5.74) is 4.62. The van der Waals surface area contributed by atoms with E-state index in [0.29, 0.717) is 32.2 Å². The van der Waals surface area contributed by atoms with Gasteiger partial charge in [-0.05, 0) is 46.1 Å². The molecule has 1 rings (SSSR count). The number of nitrogens with two attached hydrogens (primary N) is 1. The maximum Gasteiger partial charge on any atom is 0.401 e. The molecule has 0 saturated heterocycles. The van der Waals surface area contributed by atoms with Crippen LogP contribution in [0.5, 0.6) is 0 Å². The molecule has 1 amide bonds. The van der Waals surface area contributed by atoms with Gasteiger partial charge in [0.15, 0.2) is 0 Å². The summed E-state index contributed by atoms with van der Waals surface area (Å²) in [6.45, 7) is 5.10. The standard InChI is InChI=1S/C14H26F3N3O/c1-4-7-20(9-14(15,16)17)11-5-6-13(8-11,12(18)21)19-10(2)3/h10-11,19H,4-9H2,1-3H3,(H2,18,21). The Kier molecular flexibility index (Phi) is 6.04. The first-order valence-electron chi connectivity index (χ1n) is 7.48. The Labute approximate surface area is 124 Å². The van der Waals surface area contributed by atoms with Gasteiger partial charge in [0.25, 0.3) is 0 Å². The number of halogens is 3. The molecule has 0 aliphatic heterocycles. The molecular weight excluding hydrogens is 283 g/mol. The minimum Gasteiger partial charge on any atom is -0.368 e. The smallest absolute Gasteiger partial charge is 0.368 e. The molecule has 0 spiro atoms. The maximum absolute atomic E-state index is 12.7. The van der Waals surface area contributed by atoms with Gasteiger partial charge in [-0.2, -0.15) is 13.2 Å². The van der Waals surface area contributed by atoms with Gasteiger partial charge in [0.1, 0.15) is 0 Å². The van der Waals surface area contributed by atoms with Gasteiger partial charge in [-0.1, -0.05) is 6.92 Å². The lowest BCUT2D eigenvalue weighted by Gasteiger charge is -2.33. The lowest BCUT2D eigenvalue weighted by atomic mass is 9.95. The quantitative estimate of drug-likeness (QED) is 0.756. The summed E-state index contributed by atoms with van der Waals surface area (Å²) in [4.78, 5) is 13.2. The first-order valence-corrected chi connectivity index (χ1v) is 7.48. The fourth-order valence-electron chi connectivity index (χ4n) is 3.22. The molecule has 0 bridgehead atoms. The highest BCUT2D eigenvalue weighted by Gasteiger charge is 2.47. The highest BCUT2D eigenvalue weighted by Crippen LogP contribution is 2.35. The molecule has 0 aromatic rings. The summed E-state index contributed by atoms with van der Waals surface area (Å²) >= 11 is 0. The Hall–Kier alpha value is -0.820. The fraction of sp³-hybridized carbons (Fsp3) is 0.929. The van der Waals surface area contributed by atoms with Gasteiger partial charge in [-0.15, -0.1) is 0 Å². The van der Waals surface area contributed by atoms with Gasteiger partial charge in [0.2, 0.25) is 5.91 Å². The maximum atomic E-state index is 12.7. The van der Waals surface area contributed by atoms with Crippen molar-refractivity contribution in [2.24, 2.45) is 5.73 Å². The van der Waals surface area contributed by atoms with Gasteiger partial charge in [-0.3, -0.25) is 9.69 Å². The first-order chi connectivity index (χ1) is 9.59. The minimum absolute atomic E-state index is 0.0542. The van der Waals surface area contributed by atoms with E-state index in [-0.39, 0.29) is 12.1 Å². The van der Waals surface area contributed by atoms with Crippen LogP contribution in [0, 0.1) is 0 Å². The van der Waals surface area contributed by atoms with Crippen molar-refractivity contribution in [1.29, 1.82) is 0 Å². The van der Waals surface area contributed by atoms with Crippen molar-refractivity contribution in [2.75, 3.05) is 13.1 Å². The van der Waals surface area contributed by atoms with Crippen LogP contribution in [0.1, 0.15) is 46.5 Å². The zero-order valence-corrected chi connectivity index (χ0v) is 13.0. The van der Waals surface area contributed by atoms with Crippen molar-refractivity contribution in [3.05, 3.63) is 0 Å². The zero-order valence-electron chi connectivity index (χ0n) is 13.0. The van der Waals surface area contributed by atoms with E-state index in [9.17, 15) is 18.0 Å². The molecule has 1 aliphatic rings. The third-order valence-electron chi connectivity index (χ3n) is 3.93. The number of hydrogen-bond acceptors (Lipinski definition) is 3. The van der Waals surface area contributed by atoms with Gasteiger partial charge in [0, 0.05) is 12.1 Å². The summed E-state index contributed by atoms with van der Waals surface area (Å²) in [7, 11) is 0. The first kappa shape index (κ1) is 18.2. The van der Waals surface area contributed by atoms with Crippen LogP contribution in [0.25, 0.3) is 0 Å². The average molecular weight is 309 g/mol. The van der Waals surface area contributed by atoms with Gasteiger partial charge in [-0.25, -0.2) is 0 Å². The second kappa shape index (κ2) is 6.96. The lowest BCUT2D eigenvalue weighted by molar-refractivity contribution is -0.151. The zero-order chi connectivity index (χ0) is 16.3. The van der Waals surface area contributed by atoms with Crippen molar-refractivity contribution in [3.8, 4) is 0 Å². The van der Waals surface area contributed by atoms with Crippen LogP contribution in [-0.2, 0) is 4.79 Å². The molecule has 3 N–H and O–H groups in total. The van der Waals surface area contributed by atoms with Crippen molar-refractivity contribution < 1.29 is 18.0 Å². The van der Waals surface area contributed by atoms with Gasteiger partial charge < -0.3 is 11.1 Å². The Morgan fingerprint density at radius 2 is 2.10 bits per heavy atom. The van der Waals surface area contributed by atoms with Crippen LogP contribution in [-0.4, -0.2) is 47.7 Å². The topological polar surface area (TPSA) is 58.4 Å². The van der Waals surface area contributed by atoms with E-state index >= 15 is 0 Å². The Morgan fingerprint density at radius 1 is 1.48 bits per heavy atom. The molecule has 21 heavy (non-hydrogen) atoms. The number of rotatable bonds is 7. The van der Waals surface area contributed by atoms with E-state index in [0.717, 1.165) is 0 Å². The predicted molar refractivity (Wildman–Crippen MR) is 75.8 cm³/mol. The minimum atomic E-state index is -4.22. The number of nitrogens with zero attached hydrogens (tertiary/aromatic N) is 1. The second-order valence-electron chi connectivity index (χ2n) is 6.23. The van der Waals surface area contributed by atoms with Crippen LogP contribution >= 0.6 is 0 Å². The van der Waals surface area contributed by atoms with E-state index in [4.69, 9.17) is 5.73 Å². The van der Waals surface area contributed by atoms with Gasteiger partial charge >= 0.3 is 6.18 Å². The molecule has 0 aromatic carbocycles. The summed E-state index contributed by atoms with van der Waals surface area (Å²) in [5, 5.41) is 3.16. The van der Waals surface area contributed by atoms with Crippen LogP contribution < -0.4 is 11.1 Å². The summed E-state index contributed by atoms with van der Waals surface area (Å²) in [6, 6.07) is -0.205. The van der Waals surface area contributed by atoms with Crippen molar-refractivity contribution >= 4 is 5.91 Å². The van der Waals surface area contributed by atoms with Crippen molar-refractivity contribution in [3.63, 3.8) is 0 Å². The second-order valence-corrected chi connectivity index (χ2v) is 6.23. The number of hydrogen-bond donors (Lipinski definition) is 2. The summed E-state index contributed by atoms with van der Waals surface area (Å²) < 4.78 is 38.1. The van der Waals surface area contributed by atoms with Crippen LogP contribution in [0.15, 0.2) is 0 Å². The van der Waals surface area contributed by atoms with Crippen LogP contribution in [0.2, 0.25) is 0 Å². The largest absolute Gasteiger partial charge is 0.401 e. The molecule has 0 heterocycles.